The molecule has 0 aliphatic heterocycles. The number of aromatic amines is 1. The smallest absolute Gasteiger partial charge is 0.357 e. The molecular weight excluding hydrogens is 232 g/mol. The van der Waals surface area contributed by atoms with Gasteiger partial charge in [-0.3, -0.25) is 5.10 Å². The average molecular weight is 239 g/mol. The molecular formula is C6H7ClN2O4S. The summed E-state index contributed by atoms with van der Waals surface area (Å²) in [6, 6.07) is 0. The third-order valence-electron chi connectivity index (χ3n) is 1.59. The highest BCUT2D eigenvalue weighted by Crippen LogP contribution is 2.22. The molecule has 0 amide bonds. The van der Waals surface area contributed by atoms with Crippen molar-refractivity contribution in [2.45, 2.75) is 18.2 Å². The second kappa shape index (κ2) is 3.58. The van der Waals surface area contributed by atoms with Crippen LogP contribution in [0.25, 0.3) is 0 Å². The Kier molecular flexibility index (Phi) is 2.81. The van der Waals surface area contributed by atoms with Crippen molar-refractivity contribution in [2.75, 3.05) is 0 Å². The van der Waals surface area contributed by atoms with Gasteiger partial charge in [0.2, 0.25) is 0 Å². The van der Waals surface area contributed by atoms with Gasteiger partial charge in [0.1, 0.15) is 4.90 Å². The van der Waals surface area contributed by atoms with Crippen molar-refractivity contribution >= 4 is 25.7 Å². The molecule has 14 heavy (non-hydrogen) atoms. The van der Waals surface area contributed by atoms with Gasteiger partial charge in [-0.05, 0) is 6.42 Å². The SMILES string of the molecule is CCc1[nH]nc(C(=O)O)c1S(=O)(=O)Cl. The summed E-state index contributed by atoms with van der Waals surface area (Å²) in [5.41, 5.74) is -0.380. The van der Waals surface area contributed by atoms with E-state index in [1.54, 1.807) is 6.92 Å². The molecule has 0 aliphatic carbocycles. The minimum absolute atomic E-state index is 0.192. The zero-order valence-corrected chi connectivity index (χ0v) is 8.68. The summed E-state index contributed by atoms with van der Waals surface area (Å²) in [6.45, 7) is 1.66. The summed E-state index contributed by atoms with van der Waals surface area (Å²) >= 11 is 0. The Hall–Kier alpha value is -1.08. The molecule has 8 heteroatoms. The molecule has 0 radical (unpaired) electrons. The van der Waals surface area contributed by atoms with E-state index in [2.05, 4.69) is 10.2 Å². The normalized spacial score (nSPS) is 11.6. The summed E-state index contributed by atoms with van der Waals surface area (Å²) in [6.07, 6.45) is 0.307. The first kappa shape index (κ1) is 11.0. The lowest BCUT2D eigenvalue weighted by Gasteiger charge is -1.96. The molecule has 2 N–H and O–H groups in total. The first-order chi connectivity index (χ1) is 6.38. The Labute approximate surface area is 84.3 Å². The zero-order chi connectivity index (χ0) is 10.9. The van der Waals surface area contributed by atoms with E-state index in [4.69, 9.17) is 15.8 Å². The molecule has 0 bridgehead atoms. The lowest BCUT2D eigenvalue weighted by molar-refractivity contribution is 0.0686. The maximum atomic E-state index is 11.0. The minimum atomic E-state index is -4.08. The van der Waals surface area contributed by atoms with Gasteiger partial charge in [-0.1, -0.05) is 6.92 Å². The van der Waals surface area contributed by atoms with Crippen molar-refractivity contribution in [1.29, 1.82) is 0 Å². The summed E-state index contributed by atoms with van der Waals surface area (Å²) < 4.78 is 22.1. The monoisotopic (exact) mass is 238 g/mol. The van der Waals surface area contributed by atoms with Crippen molar-refractivity contribution in [3.05, 3.63) is 11.4 Å². The summed E-state index contributed by atoms with van der Waals surface area (Å²) in [4.78, 5) is 10.1. The van der Waals surface area contributed by atoms with Crippen molar-refractivity contribution in [3.63, 3.8) is 0 Å². The summed E-state index contributed by atoms with van der Waals surface area (Å²) in [5.74, 6) is -1.43. The quantitative estimate of drug-likeness (QED) is 0.751. The number of aromatic carboxylic acids is 1. The second-order valence-corrected chi connectivity index (χ2v) is 4.98. The van der Waals surface area contributed by atoms with Gasteiger partial charge in [-0.2, -0.15) is 5.10 Å². The molecule has 0 unspecified atom stereocenters. The van der Waals surface area contributed by atoms with Crippen molar-refractivity contribution in [3.8, 4) is 0 Å². The van der Waals surface area contributed by atoms with E-state index in [9.17, 15) is 13.2 Å². The Morgan fingerprint density at radius 1 is 1.64 bits per heavy atom. The highest BCUT2D eigenvalue weighted by Gasteiger charge is 2.27. The number of carboxylic acids is 1. The van der Waals surface area contributed by atoms with Crippen LogP contribution in [0.2, 0.25) is 0 Å². The maximum Gasteiger partial charge on any atom is 0.357 e. The number of carboxylic acid groups (broad SMARTS) is 1. The van der Waals surface area contributed by atoms with Crippen LogP contribution < -0.4 is 0 Å². The van der Waals surface area contributed by atoms with Crippen LogP contribution in [-0.4, -0.2) is 29.7 Å². The number of H-pyrrole nitrogens is 1. The fraction of sp³-hybridized carbons (Fsp3) is 0.333. The zero-order valence-electron chi connectivity index (χ0n) is 7.11. The number of hydrogen-bond donors (Lipinski definition) is 2. The number of nitrogens with one attached hydrogen (secondary N) is 1. The van der Waals surface area contributed by atoms with Crippen LogP contribution >= 0.6 is 10.7 Å². The van der Waals surface area contributed by atoms with Gasteiger partial charge in [0.25, 0.3) is 9.05 Å². The first-order valence-electron chi connectivity index (χ1n) is 3.63. The van der Waals surface area contributed by atoms with Gasteiger partial charge in [-0.15, -0.1) is 0 Å². The van der Waals surface area contributed by atoms with Gasteiger partial charge in [-0.25, -0.2) is 13.2 Å². The Bertz CT molecular complexity index is 464. The van der Waals surface area contributed by atoms with Gasteiger partial charge >= 0.3 is 5.97 Å². The van der Waals surface area contributed by atoms with E-state index in [0.29, 0.717) is 6.42 Å². The summed E-state index contributed by atoms with van der Waals surface area (Å²) in [7, 11) is 1.00. The average Bonchev–Trinajstić information content (AvgIpc) is 2.45. The number of hydrogen-bond acceptors (Lipinski definition) is 4. The van der Waals surface area contributed by atoms with E-state index in [-0.39, 0.29) is 5.69 Å². The van der Waals surface area contributed by atoms with Crippen LogP contribution in [-0.2, 0) is 15.5 Å². The largest absolute Gasteiger partial charge is 0.476 e. The number of carbonyl (C=O) groups is 1. The minimum Gasteiger partial charge on any atom is -0.476 e. The molecule has 1 heterocycles. The van der Waals surface area contributed by atoms with E-state index in [1.807, 2.05) is 0 Å². The number of aryl methyl sites for hydroxylation is 1. The second-order valence-electron chi connectivity index (χ2n) is 2.48. The molecule has 1 aromatic heterocycles. The molecule has 0 spiro atoms. The molecule has 0 fully saturated rings. The number of aromatic nitrogens is 2. The Morgan fingerprint density at radius 3 is 2.57 bits per heavy atom. The Morgan fingerprint density at radius 2 is 2.21 bits per heavy atom. The fourth-order valence-electron chi connectivity index (χ4n) is 1.02. The van der Waals surface area contributed by atoms with E-state index in [1.165, 1.54) is 0 Å². The molecule has 6 nitrogen and oxygen atoms in total. The third-order valence-corrected chi connectivity index (χ3v) is 2.98. The highest BCUT2D eigenvalue weighted by atomic mass is 35.7. The third kappa shape index (κ3) is 1.88. The molecule has 1 aromatic rings. The van der Waals surface area contributed by atoms with Crippen molar-refractivity contribution < 1.29 is 18.3 Å². The highest BCUT2D eigenvalue weighted by molar-refractivity contribution is 8.13. The first-order valence-corrected chi connectivity index (χ1v) is 5.94. The van der Waals surface area contributed by atoms with Crippen LogP contribution in [0.1, 0.15) is 23.1 Å². The van der Waals surface area contributed by atoms with E-state index in [0.717, 1.165) is 0 Å². The fourth-order valence-corrected chi connectivity index (χ4v) is 2.36. The molecule has 0 aromatic carbocycles. The van der Waals surface area contributed by atoms with Gasteiger partial charge < -0.3 is 5.11 Å². The van der Waals surface area contributed by atoms with Crippen LogP contribution in [0.5, 0.6) is 0 Å². The molecule has 78 valence electrons. The van der Waals surface area contributed by atoms with Crippen LogP contribution in [0.4, 0.5) is 0 Å². The molecule has 0 aliphatic rings. The molecule has 1 rings (SSSR count). The standard InChI is InChI=1S/C6H7ClN2O4S/c1-2-3-5(14(7,12)13)4(6(10)11)9-8-3/h2H2,1H3,(H,8,9)(H,10,11). The van der Waals surface area contributed by atoms with E-state index < -0.39 is 25.6 Å². The van der Waals surface area contributed by atoms with Gasteiger partial charge in [0.05, 0.1) is 5.69 Å². The van der Waals surface area contributed by atoms with Crippen molar-refractivity contribution in [1.82, 2.24) is 10.2 Å². The predicted octanol–water partition coefficient (Wildman–Crippen LogP) is 0.598. The Balaban J connectivity index is 3.50. The van der Waals surface area contributed by atoms with Crippen LogP contribution in [0, 0.1) is 0 Å². The maximum absolute atomic E-state index is 11.0. The van der Waals surface area contributed by atoms with Crippen LogP contribution in [0.15, 0.2) is 4.90 Å². The van der Waals surface area contributed by atoms with E-state index >= 15 is 0 Å². The topological polar surface area (TPSA) is 100 Å². The van der Waals surface area contributed by atoms with Gasteiger partial charge in [0.15, 0.2) is 5.69 Å². The molecule has 0 saturated carbocycles. The number of nitrogens with zero attached hydrogens (tertiary/aromatic N) is 1. The molecule has 0 atom stereocenters. The van der Waals surface area contributed by atoms with Crippen LogP contribution in [0.3, 0.4) is 0 Å². The molecule has 0 saturated heterocycles. The van der Waals surface area contributed by atoms with Gasteiger partial charge in [0, 0.05) is 10.7 Å². The number of rotatable bonds is 3. The lowest BCUT2D eigenvalue weighted by Crippen LogP contribution is -2.04. The predicted molar refractivity (Wildman–Crippen MR) is 48.0 cm³/mol. The summed E-state index contributed by atoms with van der Waals surface area (Å²) in [5, 5.41) is 14.3. The lowest BCUT2D eigenvalue weighted by atomic mass is 10.3. The number of halogens is 1. The van der Waals surface area contributed by atoms with Crippen molar-refractivity contribution in [2.24, 2.45) is 0 Å².